The molecule has 0 saturated carbocycles. The molecule has 0 radical (unpaired) electrons. The van der Waals surface area contributed by atoms with Crippen molar-refractivity contribution in [2.75, 3.05) is 0 Å². The predicted octanol–water partition coefficient (Wildman–Crippen LogP) is 6.63. The van der Waals surface area contributed by atoms with E-state index in [1.54, 1.807) is 0 Å². The van der Waals surface area contributed by atoms with Gasteiger partial charge in [-0.1, -0.05) is 93.3 Å². The van der Waals surface area contributed by atoms with E-state index in [-0.39, 0.29) is 24.8 Å². The number of unbranched alkanes of at least 4 members (excludes halogenated alkanes) is 3. The van der Waals surface area contributed by atoms with Gasteiger partial charge in [0, 0.05) is 5.92 Å². The average molecular weight is 325 g/mol. The molecule has 0 aromatic heterocycles. The summed E-state index contributed by atoms with van der Waals surface area (Å²) in [4.78, 5) is 0. The molecule has 0 amide bonds. The maximum Gasteiger partial charge on any atom is 0.00893 e. The Labute approximate surface area is 141 Å². The molecule has 0 atom stereocenters. The van der Waals surface area contributed by atoms with Gasteiger partial charge in [0.25, 0.3) is 0 Å². The number of hydrogen-bond acceptors (Lipinski definition) is 0. The summed E-state index contributed by atoms with van der Waals surface area (Å²) < 4.78 is 0. The molecule has 0 aliphatic carbocycles. The van der Waals surface area contributed by atoms with Gasteiger partial charge in [-0.25, -0.2) is 0 Å². The summed E-state index contributed by atoms with van der Waals surface area (Å²) in [6, 6.07) is 21.8. The third kappa shape index (κ3) is 6.54. The zero-order valence-corrected chi connectivity index (χ0v) is 14.3. The first-order chi connectivity index (χ1) is 9.42. The maximum absolute atomic E-state index is 2.27. The summed E-state index contributed by atoms with van der Waals surface area (Å²) in [6.45, 7) is 2.27. The molecule has 116 valence electrons. The van der Waals surface area contributed by atoms with E-state index in [2.05, 4.69) is 67.6 Å². The van der Waals surface area contributed by atoms with Crippen molar-refractivity contribution in [3.05, 3.63) is 71.8 Å². The summed E-state index contributed by atoms with van der Waals surface area (Å²) in [7, 11) is 0. The van der Waals surface area contributed by atoms with E-state index in [4.69, 9.17) is 0 Å². The van der Waals surface area contributed by atoms with E-state index < -0.39 is 0 Å². The molecule has 2 aromatic carbocycles. The molecule has 0 spiro atoms. The monoisotopic (exact) mass is 324 g/mol. The first-order valence-corrected chi connectivity index (χ1v) is 7.51. The van der Waals surface area contributed by atoms with Gasteiger partial charge in [0.05, 0.1) is 0 Å². The number of benzene rings is 2. The highest BCUT2D eigenvalue weighted by atomic mass is 35.5. The van der Waals surface area contributed by atoms with Crippen LogP contribution in [0.2, 0.25) is 0 Å². The molecule has 0 bridgehead atoms. The van der Waals surface area contributed by atoms with Crippen LogP contribution < -0.4 is 0 Å². The van der Waals surface area contributed by atoms with E-state index in [1.807, 2.05) is 0 Å². The maximum atomic E-state index is 2.27. The van der Waals surface area contributed by atoms with Crippen LogP contribution in [0.15, 0.2) is 60.7 Å². The summed E-state index contributed by atoms with van der Waals surface area (Å²) in [5, 5.41) is 0. The van der Waals surface area contributed by atoms with E-state index in [0.29, 0.717) is 5.92 Å². The Morgan fingerprint density at radius 3 is 1.57 bits per heavy atom. The minimum atomic E-state index is 0. The number of hydrogen-bond donors (Lipinski definition) is 0. The fourth-order valence-corrected chi connectivity index (χ4v) is 2.67. The molecule has 0 nitrogen and oxygen atoms in total. The Morgan fingerprint density at radius 1 is 0.667 bits per heavy atom. The summed E-state index contributed by atoms with van der Waals surface area (Å²) in [5.74, 6) is 0.555. The predicted molar refractivity (Wildman–Crippen MR) is 98.0 cm³/mol. The van der Waals surface area contributed by atoms with Gasteiger partial charge < -0.3 is 0 Å². The third-order valence-corrected chi connectivity index (χ3v) is 3.75. The molecule has 21 heavy (non-hydrogen) atoms. The summed E-state index contributed by atoms with van der Waals surface area (Å²) >= 11 is 0. The molecular formula is C19H26Cl2. The van der Waals surface area contributed by atoms with Crippen LogP contribution in [-0.4, -0.2) is 0 Å². The van der Waals surface area contributed by atoms with E-state index >= 15 is 0 Å². The van der Waals surface area contributed by atoms with Crippen LogP contribution in [0, 0.1) is 0 Å². The van der Waals surface area contributed by atoms with E-state index in [1.165, 1.54) is 43.2 Å². The minimum Gasteiger partial charge on any atom is -0.147 e. The molecule has 0 heterocycles. The van der Waals surface area contributed by atoms with Crippen molar-refractivity contribution in [3.8, 4) is 0 Å². The normalized spacial score (nSPS) is 9.81. The quantitative estimate of drug-likeness (QED) is 0.501. The van der Waals surface area contributed by atoms with Gasteiger partial charge in [-0.15, -0.1) is 24.8 Å². The lowest BCUT2D eigenvalue weighted by molar-refractivity contribution is 0.596. The third-order valence-electron chi connectivity index (χ3n) is 3.75. The largest absolute Gasteiger partial charge is 0.147 e. The van der Waals surface area contributed by atoms with E-state index in [0.717, 1.165) is 0 Å². The van der Waals surface area contributed by atoms with Crippen molar-refractivity contribution in [1.29, 1.82) is 0 Å². The summed E-state index contributed by atoms with van der Waals surface area (Å²) in [5.41, 5.74) is 2.90. The number of halogens is 2. The lowest BCUT2D eigenvalue weighted by Crippen LogP contribution is -2.01. The smallest absolute Gasteiger partial charge is 0.00893 e. The second-order valence-corrected chi connectivity index (χ2v) is 5.22. The van der Waals surface area contributed by atoms with Gasteiger partial charge in [-0.3, -0.25) is 0 Å². The molecule has 2 aromatic rings. The zero-order valence-electron chi connectivity index (χ0n) is 12.7. The van der Waals surface area contributed by atoms with Crippen LogP contribution in [0.1, 0.15) is 56.1 Å². The fraction of sp³-hybridized carbons (Fsp3) is 0.368. The highest BCUT2D eigenvalue weighted by Gasteiger charge is 2.12. The molecule has 0 unspecified atom stereocenters. The van der Waals surface area contributed by atoms with Crippen molar-refractivity contribution < 1.29 is 0 Å². The lowest BCUT2D eigenvalue weighted by Gasteiger charge is -2.18. The van der Waals surface area contributed by atoms with Gasteiger partial charge in [0.1, 0.15) is 0 Å². The van der Waals surface area contributed by atoms with Crippen LogP contribution >= 0.6 is 24.8 Å². The minimum absolute atomic E-state index is 0. The van der Waals surface area contributed by atoms with Crippen molar-refractivity contribution in [3.63, 3.8) is 0 Å². The molecule has 2 rings (SSSR count). The highest BCUT2D eigenvalue weighted by Crippen LogP contribution is 2.29. The molecule has 0 fully saturated rings. The Hall–Kier alpha value is -0.980. The van der Waals surface area contributed by atoms with Crippen LogP contribution in [0.4, 0.5) is 0 Å². The topological polar surface area (TPSA) is 0 Å². The molecule has 0 aliphatic heterocycles. The molecule has 2 heteroatoms. The van der Waals surface area contributed by atoms with Crippen molar-refractivity contribution >= 4 is 24.8 Å². The van der Waals surface area contributed by atoms with Gasteiger partial charge in [-0.2, -0.15) is 0 Å². The second kappa shape index (κ2) is 11.7. The fourth-order valence-electron chi connectivity index (χ4n) is 2.67. The zero-order chi connectivity index (χ0) is 13.3. The molecular weight excluding hydrogens is 299 g/mol. The standard InChI is InChI=1S/C19H24.2ClH/c1-2-3-4-11-16-19(17-12-7-5-8-13-17)18-14-9-6-10-15-18;;/h5-10,12-15,19H,2-4,11,16H2,1H3;2*1H. The SMILES string of the molecule is CCCCCCC(c1ccccc1)c1ccccc1.Cl.Cl. The van der Waals surface area contributed by atoms with Gasteiger partial charge in [0.2, 0.25) is 0 Å². The molecule has 0 N–H and O–H groups in total. The first-order valence-electron chi connectivity index (χ1n) is 7.51. The second-order valence-electron chi connectivity index (χ2n) is 5.22. The van der Waals surface area contributed by atoms with Crippen molar-refractivity contribution in [2.45, 2.75) is 44.9 Å². The Kier molecular flexibility index (Phi) is 11.1. The first kappa shape index (κ1) is 20.0. The van der Waals surface area contributed by atoms with Crippen molar-refractivity contribution in [1.82, 2.24) is 0 Å². The van der Waals surface area contributed by atoms with Crippen LogP contribution in [-0.2, 0) is 0 Å². The Morgan fingerprint density at radius 2 is 1.14 bits per heavy atom. The Bertz CT molecular complexity index is 414. The number of rotatable bonds is 7. The van der Waals surface area contributed by atoms with Crippen LogP contribution in [0.3, 0.4) is 0 Å². The molecule has 0 aliphatic rings. The van der Waals surface area contributed by atoms with E-state index in [9.17, 15) is 0 Å². The highest BCUT2D eigenvalue weighted by molar-refractivity contribution is 5.85. The van der Waals surface area contributed by atoms with Crippen LogP contribution in [0.5, 0.6) is 0 Å². The summed E-state index contributed by atoms with van der Waals surface area (Å²) in [6.07, 6.45) is 6.60. The molecule has 0 saturated heterocycles. The van der Waals surface area contributed by atoms with Crippen molar-refractivity contribution in [2.24, 2.45) is 0 Å². The van der Waals surface area contributed by atoms with Gasteiger partial charge in [0.15, 0.2) is 0 Å². The average Bonchev–Trinajstić information content (AvgIpc) is 2.49. The van der Waals surface area contributed by atoms with Gasteiger partial charge >= 0.3 is 0 Å². The Balaban J connectivity index is 0.00000200. The van der Waals surface area contributed by atoms with Crippen LogP contribution in [0.25, 0.3) is 0 Å². The lowest BCUT2D eigenvalue weighted by atomic mass is 9.87. The van der Waals surface area contributed by atoms with Gasteiger partial charge in [-0.05, 0) is 17.5 Å².